The van der Waals surface area contributed by atoms with Crippen LogP contribution >= 0.6 is 35.0 Å². The lowest BCUT2D eigenvalue weighted by Crippen LogP contribution is -2.05. The molecule has 0 aliphatic carbocycles. The number of hydrogen-bond acceptors (Lipinski definition) is 3. The van der Waals surface area contributed by atoms with Crippen LogP contribution in [0.4, 0.5) is 5.69 Å². The molecule has 0 amide bonds. The van der Waals surface area contributed by atoms with Crippen LogP contribution < -0.4 is 5.32 Å². The van der Waals surface area contributed by atoms with Gasteiger partial charge in [0.1, 0.15) is 0 Å². The molecule has 0 saturated heterocycles. The number of aliphatic imine (C=N–C) groups is 1. The Morgan fingerprint density at radius 1 is 1.47 bits per heavy atom. The molecule has 1 N–H and O–H groups in total. The minimum absolute atomic E-state index is 0.371. The zero-order valence-electron chi connectivity index (χ0n) is 8.13. The monoisotopic (exact) mass is 260 g/mol. The van der Waals surface area contributed by atoms with Crippen LogP contribution in [0.1, 0.15) is 6.92 Å². The summed E-state index contributed by atoms with van der Waals surface area (Å²) in [5.41, 5.74) is 0.810. The number of anilines is 1. The minimum atomic E-state index is 0.371. The zero-order chi connectivity index (χ0) is 10.8. The van der Waals surface area contributed by atoms with E-state index in [0.717, 1.165) is 16.6 Å². The van der Waals surface area contributed by atoms with Crippen LogP contribution in [-0.4, -0.2) is 17.0 Å². The fourth-order valence-electron chi connectivity index (χ4n) is 1.26. The lowest BCUT2D eigenvalue weighted by Gasteiger charge is -2.07. The van der Waals surface area contributed by atoms with Gasteiger partial charge < -0.3 is 5.32 Å². The van der Waals surface area contributed by atoms with Gasteiger partial charge in [-0.25, -0.2) is 0 Å². The molecule has 0 bridgehead atoms. The molecule has 0 aromatic heterocycles. The third kappa shape index (κ3) is 2.60. The number of hydrogen-bond donors (Lipinski definition) is 1. The van der Waals surface area contributed by atoms with Crippen molar-refractivity contribution in [1.82, 2.24) is 0 Å². The maximum atomic E-state index is 6.05. The van der Waals surface area contributed by atoms with Crippen molar-refractivity contribution in [3.63, 3.8) is 0 Å². The van der Waals surface area contributed by atoms with Crippen LogP contribution in [0.15, 0.2) is 23.2 Å². The Labute approximate surface area is 103 Å². The molecule has 1 aliphatic heterocycles. The Kier molecular flexibility index (Phi) is 3.44. The molecule has 0 fully saturated rings. The summed E-state index contributed by atoms with van der Waals surface area (Å²) in [6, 6.07) is 5.89. The van der Waals surface area contributed by atoms with Gasteiger partial charge in [0.2, 0.25) is 0 Å². The first kappa shape index (κ1) is 11.1. The van der Waals surface area contributed by atoms with Crippen molar-refractivity contribution >= 4 is 45.8 Å². The average Bonchev–Trinajstić information content (AvgIpc) is 2.59. The van der Waals surface area contributed by atoms with Gasteiger partial charge in [0.25, 0.3) is 0 Å². The molecule has 2 nitrogen and oxygen atoms in total. The summed E-state index contributed by atoms with van der Waals surface area (Å²) in [4.78, 5) is 4.42. The van der Waals surface area contributed by atoms with Gasteiger partial charge in [0, 0.05) is 5.75 Å². The summed E-state index contributed by atoms with van der Waals surface area (Å²) < 4.78 is 0. The van der Waals surface area contributed by atoms with E-state index >= 15 is 0 Å². The van der Waals surface area contributed by atoms with Crippen molar-refractivity contribution in [2.45, 2.75) is 13.0 Å². The van der Waals surface area contributed by atoms with Crippen molar-refractivity contribution in [3.05, 3.63) is 28.2 Å². The maximum Gasteiger partial charge on any atom is 0.161 e. The van der Waals surface area contributed by atoms with Crippen molar-refractivity contribution in [1.29, 1.82) is 0 Å². The first-order valence-corrected chi connectivity index (χ1v) is 6.32. The number of amidine groups is 1. The smallest absolute Gasteiger partial charge is 0.161 e. The third-order valence-electron chi connectivity index (χ3n) is 1.99. The highest BCUT2D eigenvalue weighted by Gasteiger charge is 2.15. The lowest BCUT2D eigenvalue weighted by molar-refractivity contribution is 0.865. The van der Waals surface area contributed by atoms with E-state index < -0.39 is 0 Å². The van der Waals surface area contributed by atoms with Crippen molar-refractivity contribution in [3.8, 4) is 0 Å². The fraction of sp³-hybridized carbons (Fsp3) is 0.300. The number of benzene rings is 1. The molecule has 1 aromatic carbocycles. The fourth-order valence-corrected chi connectivity index (χ4v) is 2.52. The maximum absolute atomic E-state index is 6.05. The van der Waals surface area contributed by atoms with E-state index in [-0.39, 0.29) is 0 Å². The highest BCUT2D eigenvalue weighted by molar-refractivity contribution is 8.14. The zero-order valence-corrected chi connectivity index (χ0v) is 10.5. The number of nitrogens with one attached hydrogen (secondary N) is 1. The first-order chi connectivity index (χ1) is 7.16. The Balaban J connectivity index is 2.18. The molecule has 15 heavy (non-hydrogen) atoms. The molecule has 80 valence electrons. The van der Waals surface area contributed by atoms with E-state index in [1.165, 1.54) is 0 Å². The van der Waals surface area contributed by atoms with Crippen molar-refractivity contribution in [2.75, 3.05) is 11.1 Å². The predicted octanol–water partition coefficient (Wildman–Crippen LogP) is 3.90. The SMILES string of the molecule is CC1CSC(Nc2cccc(Cl)c2Cl)=N1. The normalized spacial score (nSPS) is 20.2. The van der Waals surface area contributed by atoms with Crippen LogP contribution in [-0.2, 0) is 0 Å². The van der Waals surface area contributed by atoms with E-state index in [1.807, 2.05) is 12.1 Å². The second-order valence-electron chi connectivity index (χ2n) is 3.32. The molecule has 2 rings (SSSR count). The summed E-state index contributed by atoms with van der Waals surface area (Å²) in [6.45, 7) is 2.08. The van der Waals surface area contributed by atoms with E-state index in [2.05, 4.69) is 17.2 Å². The van der Waals surface area contributed by atoms with Gasteiger partial charge in [-0.15, -0.1) is 0 Å². The largest absolute Gasteiger partial charge is 0.334 e. The second-order valence-corrected chi connectivity index (χ2v) is 5.11. The molecule has 1 aromatic rings. The van der Waals surface area contributed by atoms with Crippen LogP contribution in [0.25, 0.3) is 0 Å². The number of rotatable bonds is 1. The molecule has 1 heterocycles. The minimum Gasteiger partial charge on any atom is -0.334 e. The highest BCUT2D eigenvalue weighted by Crippen LogP contribution is 2.31. The van der Waals surface area contributed by atoms with E-state index in [9.17, 15) is 0 Å². The Morgan fingerprint density at radius 3 is 2.93 bits per heavy atom. The third-order valence-corrected chi connectivity index (χ3v) is 3.94. The molecular formula is C10H10Cl2N2S. The van der Waals surface area contributed by atoms with Gasteiger partial charge in [-0.2, -0.15) is 0 Å². The number of thioether (sulfide) groups is 1. The van der Waals surface area contributed by atoms with Gasteiger partial charge >= 0.3 is 0 Å². The highest BCUT2D eigenvalue weighted by atomic mass is 35.5. The summed E-state index contributed by atoms with van der Waals surface area (Å²) in [7, 11) is 0. The van der Waals surface area contributed by atoms with E-state index in [0.29, 0.717) is 16.1 Å². The summed E-state index contributed by atoms with van der Waals surface area (Å²) in [5.74, 6) is 1.01. The number of nitrogens with zero attached hydrogens (tertiary/aromatic N) is 1. The molecule has 5 heteroatoms. The molecule has 0 radical (unpaired) electrons. The summed E-state index contributed by atoms with van der Waals surface area (Å²) >= 11 is 13.7. The first-order valence-electron chi connectivity index (χ1n) is 4.58. The molecule has 1 atom stereocenters. The van der Waals surface area contributed by atoms with Gasteiger partial charge in [-0.1, -0.05) is 41.0 Å². The standard InChI is InChI=1S/C10H10Cl2N2S/c1-6-5-15-10(13-6)14-8-4-2-3-7(11)9(8)12/h2-4,6H,5H2,1H3,(H,13,14). The molecule has 1 unspecified atom stereocenters. The Morgan fingerprint density at radius 2 is 2.27 bits per heavy atom. The quantitative estimate of drug-likeness (QED) is 0.829. The van der Waals surface area contributed by atoms with Crippen LogP contribution in [0.3, 0.4) is 0 Å². The van der Waals surface area contributed by atoms with Crippen molar-refractivity contribution < 1.29 is 0 Å². The van der Waals surface area contributed by atoms with Crippen LogP contribution in [0, 0.1) is 0 Å². The van der Waals surface area contributed by atoms with Gasteiger partial charge in [-0.05, 0) is 19.1 Å². The summed E-state index contributed by atoms with van der Waals surface area (Å²) in [5, 5.41) is 5.18. The van der Waals surface area contributed by atoms with Gasteiger partial charge in [-0.3, -0.25) is 4.99 Å². The average molecular weight is 261 g/mol. The van der Waals surface area contributed by atoms with E-state index in [1.54, 1.807) is 17.8 Å². The Hall–Kier alpha value is -0.380. The number of halogens is 2. The lowest BCUT2D eigenvalue weighted by atomic mass is 10.3. The molecular weight excluding hydrogens is 251 g/mol. The molecule has 0 saturated carbocycles. The van der Waals surface area contributed by atoms with Gasteiger partial charge in [0.05, 0.1) is 21.8 Å². The van der Waals surface area contributed by atoms with Gasteiger partial charge in [0.15, 0.2) is 5.17 Å². The summed E-state index contributed by atoms with van der Waals surface area (Å²) in [6.07, 6.45) is 0. The van der Waals surface area contributed by atoms with Crippen molar-refractivity contribution in [2.24, 2.45) is 4.99 Å². The topological polar surface area (TPSA) is 24.4 Å². The van der Waals surface area contributed by atoms with Crippen LogP contribution in [0.2, 0.25) is 10.0 Å². The second kappa shape index (κ2) is 4.64. The Bertz CT molecular complexity index is 406. The molecule has 1 aliphatic rings. The molecule has 0 spiro atoms. The predicted molar refractivity (Wildman–Crippen MR) is 69.4 cm³/mol. The van der Waals surface area contributed by atoms with Crippen LogP contribution in [0.5, 0.6) is 0 Å². The van der Waals surface area contributed by atoms with E-state index in [4.69, 9.17) is 23.2 Å².